The summed E-state index contributed by atoms with van der Waals surface area (Å²) in [5, 5.41) is 12.4. The Morgan fingerprint density at radius 2 is 2.00 bits per heavy atom. The Balaban J connectivity index is 1.64. The molecule has 2 amide bonds. The number of carbonyl (C=O) groups is 2. The molecule has 0 aromatic carbocycles. The standard InChI is InChI=1S/C15H26N2O3/c1-11(18)13-7-9-17(10-13)14(19)6-8-16-15(20)12-4-2-3-5-12/h11-13,18H,2-10H2,1H3,(H,16,20). The third kappa shape index (κ3) is 3.95. The summed E-state index contributed by atoms with van der Waals surface area (Å²) in [5.74, 6) is 0.557. The Labute approximate surface area is 120 Å². The number of nitrogens with zero attached hydrogens (tertiary/aromatic N) is 1. The number of hydrogen-bond donors (Lipinski definition) is 2. The lowest BCUT2D eigenvalue weighted by atomic mass is 10.0. The zero-order valence-electron chi connectivity index (χ0n) is 12.3. The average Bonchev–Trinajstić information content (AvgIpc) is 3.09. The quantitative estimate of drug-likeness (QED) is 0.787. The molecule has 20 heavy (non-hydrogen) atoms. The van der Waals surface area contributed by atoms with Crippen LogP contribution in [0.2, 0.25) is 0 Å². The molecule has 0 radical (unpaired) electrons. The predicted octanol–water partition coefficient (Wildman–Crippen LogP) is 0.912. The van der Waals surface area contributed by atoms with Crippen molar-refractivity contribution < 1.29 is 14.7 Å². The molecule has 2 fully saturated rings. The molecule has 1 saturated heterocycles. The van der Waals surface area contributed by atoms with Crippen LogP contribution in [0.3, 0.4) is 0 Å². The molecule has 2 rings (SSSR count). The van der Waals surface area contributed by atoms with Crippen molar-refractivity contribution in [3.8, 4) is 0 Å². The lowest BCUT2D eigenvalue weighted by molar-refractivity contribution is -0.130. The van der Waals surface area contributed by atoms with Crippen molar-refractivity contribution in [3.63, 3.8) is 0 Å². The van der Waals surface area contributed by atoms with E-state index in [0.29, 0.717) is 19.5 Å². The fraction of sp³-hybridized carbons (Fsp3) is 0.867. The highest BCUT2D eigenvalue weighted by atomic mass is 16.3. The number of aliphatic hydroxyl groups excluding tert-OH is 1. The van der Waals surface area contributed by atoms with Crippen molar-refractivity contribution >= 4 is 11.8 Å². The summed E-state index contributed by atoms with van der Waals surface area (Å²) in [4.78, 5) is 25.6. The van der Waals surface area contributed by atoms with E-state index in [1.165, 1.54) is 0 Å². The molecule has 0 aromatic heterocycles. The van der Waals surface area contributed by atoms with Crippen molar-refractivity contribution in [2.24, 2.45) is 11.8 Å². The van der Waals surface area contributed by atoms with Crippen LogP contribution in [0.25, 0.3) is 0 Å². The maximum absolute atomic E-state index is 12.0. The molecule has 2 unspecified atom stereocenters. The van der Waals surface area contributed by atoms with Gasteiger partial charge in [0.25, 0.3) is 0 Å². The van der Waals surface area contributed by atoms with Crippen LogP contribution in [0.5, 0.6) is 0 Å². The van der Waals surface area contributed by atoms with Crippen LogP contribution < -0.4 is 5.32 Å². The summed E-state index contributed by atoms with van der Waals surface area (Å²) in [7, 11) is 0. The third-order valence-corrected chi connectivity index (χ3v) is 4.62. The maximum atomic E-state index is 12.0. The number of rotatable bonds is 5. The van der Waals surface area contributed by atoms with Gasteiger partial charge in [-0.2, -0.15) is 0 Å². The van der Waals surface area contributed by atoms with Gasteiger partial charge in [0.2, 0.25) is 11.8 Å². The average molecular weight is 282 g/mol. The largest absolute Gasteiger partial charge is 0.393 e. The van der Waals surface area contributed by atoms with E-state index in [4.69, 9.17) is 0 Å². The molecule has 0 spiro atoms. The van der Waals surface area contributed by atoms with E-state index in [0.717, 1.165) is 38.6 Å². The summed E-state index contributed by atoms with van der Waals surface area (Å²) in [6, 6.07) is 0. The Kier molecular flexibility index (Phi) is 5.40. The highest BCUT2D eigenvalue weighted by Crippen LogP contribution is 2.24. The van der Waals surface area contributed by atoms with Crippen molar-refractivity contribution in [1.82, 2.24) is 10.2 Å². The highest BCUT2D eigenvalue weighted by Gasteiger charge is 2.29. The summed E-state index contributed by atoms with van der Waals surface area (Å²) in [6.45, 7) is 3.59. The van der Waals surface area contributed by atoms with Crippen LogP contribution in [0.15, 0.2) is 0 Å². The second kappa shape index (κ2) is 7.07. The Hall–Kier alpha value is -1.10. The molecular formula is C15H26N2O3. The molecule has 1 aliphatic heterocycles. The smallest absolute Gasteiger partial charge is 0.224 e. The first-order chi connectivity index (χ1) is 9.58. The van der Waals surface area contributed by atoms with Gasteiger partial charge in [-0.25, -0.2) is 0 Å². The lowest BCUT2D eigenvalue weighted by Crippen LogP contribution is -2.35. The first kappa shape index (κ1) is 15.3. The SMILES string of the molecule is CC(O)C1CCN(C(=O)CCNC(=O)C2CCCC2)C1. The molecule has 5 heteroatoms. The minimum atomic E-state index is -0.352. The van der Waals surface area contributed by atoms with Gasteiger partial charge in [-0.1, -0.05) is 12.8 Å². The van der Waals surface area contributed by atoms with Crippen molar-refractivity contribution in [3.05, 3.63) is 0 Å². The minimum absolute atomic E-state index is 0.0832. The van der Waals surface area contributed by atoms with Gasteiger partial charge in [-0.3, -0.25) is 9.59 Å². The number of amides is 2. The second-order valence-electron chi connectivity index (χ2n) is 6.15. The van der Waals surface area contributed by atoms with Crippen molar-refractivity contribution in [2.45, 2.75) is 51.6 Å². The van der Waals surface area contributed by atoms with E-state index in [9.17, 15) is 14.7 Å². The van der Waals surface area contributed by atoms with E-state index < -0.39 is 0 Å². The fourth-order valence-electron chi connectivity index (χ4n) is 3.19. The summed E-state index contributed by atoms with van der Waals surface area (Å²) in [5.41, 5.74) is 0. The van der Waals surface area contributed by atoms with Gasteiger partial charge < -0.3 is 15.3 Å². The summed E-state index contributed by atoms with van der Waals surface area (Å²) in [6.07, 6.45) is 5.15. The van der Waals surface area contributed by atoms with Gasteiger partial charge in [0.15, 0.2) is 0 Å². The van der Waals surface area contributed by atoms with Crippen LogP contribution in [-0.4, -0.2) is 47.6 Å². The van der Waals surface area contributed by atoms with Gasteiger partial charge in [-0.05, 0) is 26.2 Å². The zero-order chi connectivity index (χ0) is 14.5. The maximum Gasteiger partial charge on any atom is 0.224 e. The monoisotopic (exact) mass is 282 g/mol. The van der Waals surface area contributed by atoms with Crippen LogP contribution in [0.1, 0.15) is 45.4 Å². The number of likely N-dealkylation sites (tertiary alicyclic amines) is 1. The molecule has 1 heterocycles. The van der Waals surface area contributed by atoms with Crippen LogP contribution >= 0.6 is 0 Å². The zero-order valence-corrected chi connectivity index (χ0v) is 12.3. The topological polar surface area (TPSA) is 69.6 Å². The van der Waals surface area contributed by atoms with Gasteiger partial charge >= 0.3 is 0 Å². The van der Waals surface area contributed by atoms with E-state index in [1.807, 2.05) is 0 Å². The van der Waals surface area contributed by atoms with E-state index in [1.54, 1.807) is 11.8 Å². The lowest BCUT2D eigenvalue weighted by Gasteiger charge is -2.18. The first-order valence-corrected chi connectivity index (χ1v) is 7.81. The van der Waals surface area contributed by atoms with Gasteiger partial charge in [0, 0.05) is 37.9 Å². The van der Waals surface area contributed by atoms with E-state index >= 15 is 0 Å². The number of nitrogens with one attached hydrogen (secondary N) is 1. The number of aliphatic hydroxyl groups is 1. The Morgan fingerprint density at radius 3 is 2.60 bits per heavy atom. The third-order valence-electron chi connectivity index (χ3n) is 4.62. The molecule has 1 saturated carbocycles. The van der Waals surface area contributed by atoms with Crippen LogP contribution in [-0.2, 0) is 9.59 Å². The van der Waals surface area contributed by atoms with E-state index in [-0.39, 0.29) is 29.8 Å². The normalized spacial score (nSPS) is 24.9. The molecule has 5 nitrogen and oxygen atoms in total. The second-order valence-corrected chi connectivity index (χ2v) is 6.15. The van der Waals surface area contributed by atoms with Crippen LogP contribution in [0.4, 0.5) is 0 Å². The molecule has 1 aliphatic carbocycles. The predicted molar refractivity (Wildman–Crippen MR) is 76.0 cm³/mol. The molecule has 0 bridgehead atoms. The molecule has 2 atom stereocenters. The molecule has 2 aliphatic rings. The number of hydrogen-bond acceptors (Lipinski definition) is 3. The Morgan fingerprint density at radius 1 is 1.30 bits per heavy atom. The molecule has 114 valence electrons. The van der Waals surface area contributed by atoms with Crippen molar-refractivity contribution in [1.29, 1.82) is 0 Å². The Bertz CT molecular complexity index is 351. The summed E-state index contributed by atoms with van der Waals surface area (Å²) < 4.78 is 0. The fourth-order valence-corrected chi connectivity index (χ4v) is 3.19. The minimum Gasteiger partial charge on any atom is -0.393 e. The number of carbonyl (C=O) groups excluding carboxylic acids is 2. The molecule has 2 N–H and O–H groups in total. The van der Waals surface area contributed by atoms with Crippen LogP contribution in [0, 0.1) is 11.8 Å². The summed E-state index contributed by atoms with van der Waals surface area (Å²) >= 11 is 0. The highest BCUT2D eigenvalue weighted by molar-refractivity contribution is 5.80. The molecular weight excluding hydrogens is 256 g/mol. The van der Waals surface area contributed by atoms with Crippen molar-refractivity contribution in [2.75, 3.05) is 19.6 Å². The van der Waals surface area contributed by atoms with E-state index in [2.05, 4.69) is 5.32 Å². The molecule has 0 aromatic rings. The first-order valence-electron chi connectivity index (χ1n) is 7.81. The van der Waals surface area contributed by atoms with Gasteiger partial charge in [0.1, 0.15) is 0 Å². The van der Waals surface area contributed by atoms with Gasteiger partial charge in [-0.15, -0.1) is 0 Å². The van der Waals surface area contributed by atoms with Gasteiger partial charge in [0.05, 0.1) is 6.10 Å².